The number of aldehydes is 1. The van der Waals surface area contributed by atoms with Crippen LogP contribution in [0.2, 0.25) is 0 Å². The van der Waals surface area contributed by atoms with Crippen molar-refractivity contribution in [3.05, 3.63) is 72.5 Å². The molecule has 138 valence electrons. The van der Waals surface area contributed by atoms with Crippen molar-refractivity contribution in [3.8, 4) is 11.9 Å². The van der Waals surface area contributed by atoms with Gasteiger partial charge in [0.2, 0.25) is 5.88 Å². The lowest BCUT2D eigenvalue weighted by atomic mass is 10.1. The maximum absolute atomic E-state index is 11.5. The van der Waals surface area contributed by atoms with Gasteiger partial charge in [0.25, 0.3) is 0 Å². The van der Waals surface area contributed by atoms with Gasteiger partial charge in [0.1, 0.15) is 6.07 Å². The number of aromatic nitrogens is 1. The number of hydrogen-bond acceptors (Lipinski definition) is 5. The van der Waals surface area contributed by atoms with E-state index in [-0.39, 0.29) is 0 Å². The van der Waals surface area contributed by atoms with Gasteiger partial charge >= 0.3 is 0 Å². The number of pyridine rings is 1. The maximum Gasteiger partial charge on any atom is 0.214 e. The van der Waals surface area contributed by atoms with Crippen LogP contribution in [0.15, 0.2) is 72.5 Å². The van der Waals surface area contributed by atoms with Gasteiger partial charge < -0.3 is 9.64 Å². The van der Waals surface area contributed by atoms with Crippen molar-refractivity contribution in [2.75, 3.05) is 13.6 Å². The van der Waals surface area contributed by atoms with Gasteiger partial charge in [-0.1, -0.05) is 36.9 Å². The number of nitrogens with zero attached hydrogens (tertiary/aromatic N) is 3. The number of nitriles is 1. The van der Waals surface area contributed by atoms with E-state index >= 15 is 0 Å². The molecule has 1 atom stereocenters. The average molecular weight is 361 g/mol. The minimum absolute atomic E-state index is 0.418. The number of ether oxygens (including phenoxy) is 1. The zero-order chi connectivity index (χ0) is 19.6. The summed E-state index contributed by atoms with van der Waals surface area (Å²) in [5, 5.41) is 10.3. The Labute approximate surface area is 159 Å². The van der Waals surface area contributed by atoms with Crippen molar-refractivity contribution < 1.29 is 9.53 Å². The molecule has 1 unspecified atom stereocenters. The number of carbonyl (C=O) groups is 1. The maximum atomic E-state index is 11.5. The summed E-state index contributed by atoms with van der Waals surface area (Å²) in [4.78, 5) is 17.8. The molecule has 0 saturated heterocycles. The van der Waals surface area contributed by atoms with Crippen LogP contribution in [0.5, 0.6) is 5.88 Å². The summed E-state index contributed by atoms with van der Waals surface area (Å²) in [7, 11) is 1.87. The Morgan fingerprint density at radius 1 is 1.37 bits per heavy atom. The van der Waals surface area contributed by atoms with E-state index < -0.39 is 6.10 Å². The lowest BCUT2D eigenvalue weighted by Crippen LogP contribution is -2.27. The van der Waals surface area contributed by atoms with E-state index in [0.29, 0.717) is 24.4 Å². The predicted molar refractivity (Wildman–Crippen MR) is 107 cm³/mol. The molecule has 0 aliphatic rings. The zero-order valence-corrected chi connectivity index (χ0v) is 15.6. The zero-order valence-electron chi connectivity index (χ0n) is 15.6. The largest absolute Gasteiger partial charge is 0.467 e. The summed E-state index contributed by atoms with van der Waals surface area (Å²) in [6.45, 7) is 6.05. The fourth-order valence-corrected chi connectivity index (χ4v) is 2.67. The summed E-state index contributed by atoms with van der Waals surface area (Å²) in [5.74, 6) is 0.418. The molecule has 0 fully saturated rings. The minimum atomic E-state index is -0.623. The molecule has 5 nitrogen and oxygen atoms in total. The first kappa shape index (κ1) is 19.9. The lowest BCUT2D eigenvalue weighted by molar-refractivity contribution is -0.114. The lowest BCUT2D eigenvalue weighted by Gasteiger charge is -2.23. The number of carbonyl (C=O) groups excluding carboxylic acids is 1. The van der Waals surface area contributed by atoms with Gasteiger partial charge in [0.15, 0.2) is 12.4 Å². The van der Waals surface area contributed by atoms with Crippen LogP contribution < -0.4 is 4.74 Å². The molecule has 0 N–H and O–H groups in total. The van der Waals surface area contributed by atoms with Crippen LogP contribution in [0.3, 0.4) is 0 Å². The number of likely N-dealkylation sites (N-methyl/N-ethyl adjacent to an activating group) is 1. The molecule has 2 rings (SSSR count). The van der Waals surface area contributed by atoms with Gasteiger partial charge in [0, 0.05) is 31.5 Å². The van der Waals surface area contributed by atoms with Crippen molar-refractivity contribution >= 4 is 17.2 Å². The van der Waals surface area contributed by atoms with Gasteiger partial charge in [-0.2, -0.15) is 5.26 Å². The first-order chi connectivity index (χ1) is 13.1. The quantitative estimate of drug-likeness (QED) is 0.383. The first-order valence-corrected chi connectivity index (χ1v) is 8.71. The van der Waals surface area contributed by atoms with E-state index in [1.807, 2.05) is 49.2 Å². The second-order valence-corrected chi connectivity index (χ2v) is 5.95. The minimum Gasteiger partial charge on any atom is -0.467 e. The molecular formula is C22H23N3O2. The molecule has 0 spiro atoms. The Kier molecular flexibility index (Phi) is 7.33. The molecule has 1 aromatic carbocycles. The molecule has 0 amide bonds. The smallest absolute Gasteiger partial charge is 0.214 e. The van der Waals surface area contributed by atoms with Gasteiger partial charge in [0.05, 0.1) is 16.8 Å². The van der Waals surface area contributed by atoms with Gasteiger partial charge in [-0.3, -0.25) is 4.79 Å². The third-order valence-corrected chi connectivity index (χ3v) is 4.12. The summed E-state index contributed by atoms with van der Waals surface area (Å²) in [5.41, 5.74) is 2.13. The number of allylic oxidation sites excluding steroid dienone is 4. The van der Waals surface area contributed by atoms with E-state index in [0.717, 1.165) is 22.9 Å². The molecule has 1 aromatic heterocycles. The number of para-hydroxylation sites is 1. The highest BCUT2D eigenvalue weighted by molar-refractivity contribution is 5.78. The topological polar surface area (TPSA) is 66.2 Å². The van der Waals surface area contributed by atoms with Crippen molar-refractivity contribution in [1.29, 1.82) is 5.26 Å². The highest BCUT2D eigenvalue weighted by Gasteiger charge is 2.15. The predicted octanol–water partition coefficient (Wildman–Crippen LogP) is 4.04. The molecule has 2 aromatic rings. The van der Waals surface area contributed by atoms with Gasteiger partial charge in [-0.15, -0.1) is 0 Å². The molecule has 0 saturated carbocycles. The van der Waals surface area contributed by atoms with Crippen LogP contribution >= 0.6 is 0 Å². The van der Waals surface area contributed by atoms with Crippen LogP contribution in [0.25, 0.3) is 10.9 Å². The number of hydrogen-bond donors (Lipinski definition) is 0. The van der Waals surface area contributed by atoms with Crippen molar-refractivity contribution in [1.82, 2.24) is 9.88 Å². The Hall–Kier alpha value is -3.39. The van der Waals surface area contributed by atoms with Crippen LogP contribution in [0, 0.1) is 11.3 Å². The van der Waals surface area contributed by atoms with Crippen molar-refractivity contribution in [3.63, 3.8) is 0 Å². The molecule has 27 heavy (non-hydrogen) atoms. The van der Waals surface area contributed by atoms with Crippen LogP contribution in [0.1, 0.15) is 13.3 Å². The second kappa shape index (κ2) is 9.93. The van der Waals surface area contributed by atoms with E-state index in [1.165, 1.54) is 0 Å². The molecule has 0 bridgehead atoms. The molecule has 0 aliphatic heterocycles. The van der Waals surface area contributed by atoms with Crippen LogP contribution in [-0.4, -0.2) is 35.9 Å². The van der Waals surface area contributed by atoms with Gasteiger partial charge in [-0.25, -0.2) is 4.98 Å². The Morgan fingerprint density at radius 3 is 2.81 bits per heavy atom. The van der Waals surface area contributed by atoms with E-state index in [1.54, 1.807) is 24.3 Å². The first-order valence-electron chi connectivity index (χ1n) is 8.71. The van der Waals surface area contributed by atoms with Crippen molar-refractivity contribution in [2.45, 2.75) is 19.4 Å². The molecule has 0 radical (unpaired) electrons. The highest BCUT2D eigenvalue weighted by atomic mass is 16.5. The monoisotopic (exact) mass is 361 g/mol. The van der Waals surface area contributed by atoms with Crippen LogP contribution in [-0.2, 0) is 4.79 Å². The summed E-state index contributed by atoms with van der Waals surface area (Å²) < 4.78 is 5.75. The summed E-state index contributed by atoms with van der Waals surface area (Å²) >= 11 is 0. The number of rotatable bonds is 9. The molecule has 5 heteroatoms. The second-order valence-electron chi connectivity index (χ2n) is 5.95. The van der Waals surface area contributed by atoms with E-state index in [2.05, 4.69) is 17.6 Å². The summed E-state index contributed by atoms with van der Waals surface area (Å²) in [6, 6.07) is 13.6. The Balaban J connectivity index is 2.05. The van der Waals surface area contributed by atoms with Crippen molar-refractivity contribution in [2.24, 2.45) is 0 Å². The number of benzene rings is 1. The third-order valence-electron chi connectivity index (χ3n) is 4.12. The Morgan fingerprint density at radius 2 is 2.15 bits per heavy atom. The molecule has 0 aliphatic carbocycles. The number of fused-ring (bicyclic) bond motifs is 1. The summed E-state index contributed by atoms with van der Waals surface area (Å²) in [6.07, 6.45) is 5.79. The highest BCUT2D eigenvalue weighted by Crippen LogP contribution is 2.18. The SMILES string of the molecule is C=C/C=C(\C(C#N)=C/C)N(C)CCC(C=O)Oc1ccc2ccccc2n1. The fraction of sp³-hybridized carbons (Fsp3) is 0.227. The Bertz CT molecular complexity index is 909. The van der Waals surface area contributed by atoms with E-state index in [4.69, 9.17) is 4.74 Å². The van der Waals surface area contributed by atoms with E-state index in [9.17, 15) is 10.1 Å². The normalized spacial score (nSPS) is 12.9. The molecule has 1 heterocycles. The standard InChI is InChI=1S/C22H23N3O2/c1-4-8-21(17(5-2)15-23)25(3)14-13-19(16-26)27-22-12-11-18-9-6-7-10-20(18)24-22/h4-12,16,19H,1,13-14H2,2-3H3/b17-5-,21-8+. The fourth-order valence-electron chi connectivity index (χ4n) is 2.67. The third kappa shape index (κ3) is 5.29. The average Bonchev–Trinajstić information content (AvgIpc) is 2.70. The molecular weight excluding hydrogens is 338 g/mol. The van der Waals surface area contributed by atoms with Gasteiger partial charge in [-0.05, 0) is 25.1 Å². The van der Waals surface area contributed by atoms with Crippen LogP contribution in [0.4, 0.5) is 0 Å².